The Morgan fingerprint density at radius 2 is 1.90 bits per heavy atom. The fraction of sp³-hybridized carbons (Fsp3) is 0.0588. The van der Waals surface area contributed by atoms with Crippen LogP contribution in [0.5, 0.6) is 0 Å². The van der Waals surface area contributed by atoms with Crippen LogP contribution < -0.4 is 5.73 Å². The van der Waals surface area contributed by atoms with Crippen molar-refractivity contribution in [3.8, 4) is 11.3 Å². The van der Waals surface area contributed by atoms with Crippen LogP contribution in [0.25, 0.3) is 22.0 Å². The van der Waals surface area contributed by atoms with Crippen LogP contribution in [0.2, 0.25) is 0 Å². The van der Waals surface area contributed by atoms with E-state index in [1.165, 1.54) is 7.11 Å². The highest BCUT2D eigenvalue weighted by atomic mass is 16.5. The summed E-state index contributed by atoms with van der Waals surface area (Å²) >= 11 is 0. The summed E-state index contributed by atoms with van der Waals surface area (Å²) in [7, 11) is 1.34. The third-order valence-corrected chi connectivity index (χ3v) is 3.36. The van der Waals surface area contributed by atoms with Gasteiger partial charge in [0.05, 0.1) is 12.8 Å². The van der Waals surface area contributed by atoms with Gasteiger partial charge >= 0.3 is 5.97 Å². The second kappa shape index (κ2) is 5.25. The van der Waals surface area contributed by atoms with Gasteiger partial charge in [0.25, 0.3) is 0 Å². The summed E-state index contributed by atoms with van der Waals surface area (Å²) in [6.07, 6.45) is 0. The van der Waals surface area contributed by atoms with Crippen LogP contribution in [0.3, 0.4) is 0 Å². The molecule has 0 fully saturated rings. The third-order valence-electron chi connectivity index (χ3n) is 3.36. The zero-order valence-electron chi connectivity index (χ0n) is 11.5. The highest BCUT2D eigenvalue weighted by Gasteiger charge is 2.09. The van der Waals surface area contributed by atoms with Gasteiger partial charge < -0.3 is 10.5 Å². The first-order valence-corrected chi connectivity index (χ1v) is 6.53. The maximum Gasteiger partial charge on any atom is 0.356 e. The molecular weight excluding hydrogens is 264 g/mol. The lowest BCUT2D eigenvalue weighted by atomic mass is 10.0. The van der Waals surface area contributed by atoms with Gasteiger partial charge in [0.2, 0.25) is 0 Å². The fourth-order valence-electron chi connectivity index (χ4n) is 2.27. The van der Waals surface area contributed by atoms with E-state index >= 15 is 0 Å². The van der Waals surface area contributed by atoms with E-state index in [2.05, 4.69) is 4.98 Å². The van der Waals surface area contributed by atoms with Crippen molar-refractivity contribution >= 4 is 22.4 Å². The lowest BCUT2D eigenvalue weighted by molar-refractivity contribution is 0.0594. The van der Waals surface area contributed by atoms with Crippen molar-refractivity contribution in [2.75, 3.05) is 12.8 Å². The van der Waals surface area contributed by atoms with E-state index in [1.54, 1.807) is 12.1 Å². The Bertz CT molecular complexity index is 828. The topological polar surface area (TPSA) is 65.2 Å². The molecule has 0 saturated heterocycles. The molecule has 0 unspecified atom stereocenters. The van der Waals surface area contributed by atoms with Crippen molar-refractivity contribution in [2.24, 2.45) is 0 Å². The fourth-order valence-corrected chi connectivity index (χ4v) is 2.27. The number of aromatic nitrogens is 1. The average Bonchev–Trinajstić information content (AvgIpc) is 2.54. The molecule has 0 bridgehead atoms. The molecule has 3 aromatic rings. The highest BCUT2D eigenvalue weighted by Crippen LogP contribution is 2.27. The van der Waals surface area contributed by atoms with Gasteiger partial charge in [-0.15, -0.1) is 0 Å². The van der Waals surface area contributed by atoms with Crippen LogP contribution in [-0.4, -0.2) is 18.1 Å². The number of carbonyl (C=O) groups is 1. The first-order chi connectivity index (χ1) is 10.2. The predicted octanol–water partition coefficient (Wildman–Crippen LogP) is 3.27. The third kappa shape index (κ3) is 2.43. The Morgan fingerprint density at radius 3 is 2.71 bits per heavy atom. The summed E-state index contributed by atoms with van der Waals surface area (Å²) in [5.41, 5.74) is 8.64. The lowest BCUT2D eigenvalue weighted by Gasteiger charge is -2.07. The smallest absolute Gasteiger partial charge is 0.356 e. The minimum absolute atomic E-state index is 0.288. The van der Waals surface area contributed by atoms with E-state index < -0.39 is 5.97 Å². The molecule has 104 valence electrons. The zero-order valence-corrected chi connectivity index (χ0v) is 11.5. The summed E-state index contributed by atoms with van der Waals surface area (Å²) in [6.45, 7) is 0. The molecule has 1 aromatic heterocycles. The SMILES string of the molecule is COC(=O)c1cccc(-c2ccc3cccc(N)c3c2)n1. The predicted molar refractivity (Wildman–Crippen MR) is 82.9 cm³/mol. The van der Waals surface area contributed by atoms with Gasteiger partial charge in [0.1, 0.15) is 5.69 Å². The number of rotatable bonds is 2. The Kier molecular flexibility index (Phi) is 3.28. The molecule has 2 aromatic carbocycles. The largest absolute Gasteiger partial charge is 0.464 e. The van der Waals surface area contributed by atoms with Crippen molar-refractivity contribution in [3.63, 3.8) is 0 Å². The Balaban J connectivity index is 2.12. The number of nitrogens with zero attached hydrogens (tertiary/aromatic N) is 1. The molecule has 1 heterocycles. The maximum absolute atomic E-state index is 11.6. The molecular formula is C17H14N2O2. The summed E-state index contributed by atoms with van der Waals surface area (Å²) in [5, 5.41) is 2.04. The van der Waals surface area contributed by atoms with E-state index in [-0.39, 0.29) is 5.69 Å². The molecule has 0 aliphatic rings. The van der Waals surface area contributed by atoms with Gasteiger partial charge in [-0.25, -0.2) is 9.78 Å². The summed E-state index contributed by atoms with van der Waals surface area (Å²) in [4.78, 5) is 15.9. The highest BCUT2D eigenvalue weighted by molar-refractivity contribution is 5.95. The van der Waals surface area contributed by atoms with Crippen LogP contribution in [-0.2, 0) is 4.74 Å². The second-order valence-corrected chi connectivity index (χ2v) is 4.68. The number of ether oxygens (including phenoxy) is 1. The molecule has 4 nitrogen and oxygen atoms in total. The van der Waals surface area contributed by atoms with Crippen molar-refractivity contribution in [2.45, 2.75) is 0 Å². The van der Waals surface area contributed by atoms with E-state index in [1.807, 2.05) is 42.5 Å². The number of nitrogens with two attached hydrogens (primary N) is 1. The van der Waals surface area contributed by atoms with Gasteiger partial charge in [-0.3, -0.25) is 0 Å². The normalized spacial score (nSPS) is 10.5. The van der Waals surface area contributed by atoms with E-state index in [0.29, 0.717) is 5.69 Å². The number of hydrogen-bond acceptors (Lipinski definition) is 4. The Morgan fingerprint density at radius 1 is 1.10 bits per heavy atom. The standard InChI is InChI=1S/C17H14N2O2/c1-21-17(20)16-7-3-6-15(19-16)12-9-8-11-4-2-5-14(18)13(11)10-12/h2-10H,18H2,1H3. The van der Waals surface area contributed by atoms with Crippen LogP contribution in [0.1, 0.15) is 10.5 Å². The van der Waals surface area contributed by atoms with Crippen LogP contribution in [0.4, 0.5) is 5.69 Å². The van der Waals surface area contributed by atoms with Crippen LogP contribution in [0, 0.1) is 0 Å². The first-order valence-electron chi connectivity index (χ1n) is 6.53. The molecule has 4 heteroatoms. The van der Waals surface area contributed by atoms with Gasteiger partial charge in [-0.05, 0) is 29.7 Å². The minimum Gasteiger partial charge on any atom is -0.464 e. The average molecular weight is 278 g/mol. The number of anilines is 1. The van der Waals surface area contributed by atoms with Crippen molar-refractivity contribution < 1.29 is 9.53 Å². The summed E-state index contributed by atoms with van der Waals surface area (Å²) in [5.74, 6) is -0.447. The molecule has 0 atom stereocenters. The quantitative estimate of drug-likeness (QED) is 0.577. The monoisotopic (exact) mass is 278 g/mol. The molecule has 0 aliphatic heterocycles. The molecule has 0 saturated carbocycles. The number of carbonyl (C=O) groups excluding carboxylic acids is 1. The first kappa shape index (κ1) is 13.1. The van der Waals surface area contributed by atoms with E-state index in [0.717, 1.165) is 22.0 Å². The molecule has 3 rings (SSSR count). The molecule has 21 heavy (non-hydrogen) atoms. The maximum atomic E-state index is 11.6. The van der Waals surface area contributed by atoms with Gasteiger partial charge in [-0.2, -0.15) is 0 Å². The van der Waals surface area contributed by atoms with Crippen LogP contribution >= 0.6 is 0 Å². The Hall–Kier alpha value is -2.88. The summed E-state index contributed by atoms with van der Waals surface area (Å²) < 4.78 is 4.70. The second-order valence-electron chi connectivity index (χ2n) is 4.68. The van der Waals surface area contributed by atoms with Crippen molar-refractivity contribution in [1.82, 2.24) is 4.98 Å². The van der Waals surface area contributed by atoms with Crippen molar-refractivity contribution in [3.05, 3.63) is 60.3 Å². The number of nitrogen functional groups attached to an aromatic ring is 1. The van der Waals surface area contributed by atoms with Gasteiger partial charge in [0, 0.05) is 16.6 Å². The minimum atomic E-state index is -0.447. The van der Waals surface area contributed by atoms with Gasteiger partial charge in [0.15, 0.2) is 0 Å². The number of esters is 1. The lowest BCUT2D eigenvalue weighted by Crippen LogP contribution is -2.04. The summed E-state index contributed by atoms with van der Waals surface area (Å²) in [6, 6.07) is 17.0. The number of fused-ring (bicyclic) bond motifs is 1. The van der Waals surface area contributed by atoms with Crippen molar-refractivity contribution in [1.29, 1.82) is 0 Å². The Labute approximate surface area is 122 Å². The number of benzene rings is 2. The van der Waals surface area contributed by atoms with Gasteiger partial charge in [-0.1, -0.05) is 30.3 Å². The molecule has 0 aliphatic carbocycles. The number of hydrogen-bond donors (Lipinski definition) is 1. The zero-order chi connectivity index (χ0) is 14.8. The van der Waals surface area contributed by atoms with E-state index in [4.69, 9.17) is 10.5 Å². The number of pyridine rings is 1. The van der Waals surface area contributed by atoms with Crippen LogP contribution in [0.15, 0.2) is 54.6 Å². The molecule has 0 amide bonds. The number of methoxy groups -OCH3 is 1. The molecule has 2 N–H and O–H groups in total. The van der Waals surface area contributed by atoms with E-state index in [9.17, 15) is 4.79 Å². The molecule has 0 radical (unpaired) electrons. The molecule has 0 spiro atoms.